The van der Waals surface area contributed by atoms with Crippen LogP contribution < -0.4 is 4.74 Å². The van der Waals surface area contributed by atoms with E-state index in [-0.39, 0.29) is 0 Å². The summed E-state index contributed by atoms with van der Waals surface area (Å²) >= 11 is 0. The average molecular weight is 269 g/mol. The summed E-state index contributed by atoms with van der Waals surface area (Å²) in [6.45, 7) is 2.02. The Morgan fingerprint density at radius 2 is 2.10 bits per heavy atom. The van der Waals surface area contributed by atoms with Crippen LogP contribution in [0.25, 0.3) is 11.0 Å². The van der Waals surface area contributed by atoms with Crippen molar-refractivity contribution in [1.29, 1.82) is 0 Å². The van der Waals surface area contributed by atoms with Crippen molar-refractivity contribution in [2.45, 2.75) is 13.0 Å². The average Bonchev–Trinajstić information content (AvgIpc) is 2.89. The third-order valence-electron chi connectivity index (χ3n) is 3.24. The van der Waals surface area contributed by atoms with Crippen molar-refractivity contribution in [3.05, 3.63) is 59.6 Å². The molecule has 3 aromatic rings. The van der Waals surface area contributed by atoms with Gasteiger partial charge in [-0.3, -0.25) is 4.98 Å². The molecule has 2 heterocycles. The minimum absolute atomic E-state index is 0.450. The normalized spacial score (nSPS) is 12.6. The highest BCUT2D eigenvalue weighted by atomic mass is 16.5. The number of ether oxygens (including phenoxy) is 1. The van der Waals surface area contributed by atoms with Gasteiger partial charge in [-0.25, -0.2) is 0 Å². The van der Waals surface area contributed by atoms with Crippen molar-refractivity contribution < 1.29 is 14.3 Å². The number of nitrogens with zero attached hydrogens (tertiary/aromatic N) is 1. The van der Waals surface area contributed by atoms with Gasteiger partial charge in [0.15, 0.2) is 6.10 Å². The van der Waals surface area contributed by atoms with E-state index < -0.39 is 6.10 Å². The Morgan fingerprint density at radius 1 is 1.25 bits per heavy atom. The molecule has 1 atom stereocenters. The summed E-state index contributed by atoms with van der Waals surface area (Å²) in [5.41, 5.74) is 2.35. The number of fused-ring (bicyclic) bond motifs is 1. The van der Waals surface area contributed by atoms with Crippen LogP contribution in [0.2, 0.25) is 0 Å². The summed E-state index contributed by atoms with van der Waals surface area (Å²) in [5, 5.41) is 11.4. The highest BCUT2D eigenvalue weighted by Crippen LogP contribution is 2.31. The summed E-state index contributed by atoms with van der Waals surface area (Å²) in [6.07, 6.45) is 0.673. The van der Waals surface area contributed by atoms with Crippen molar-refractivity contribution >= 4 is 11.0 Å². The maximum absolute atomic E-state index is 10.4. The van der Waals surface area contributed by atoms with Gasteiger partial charge in [-0.15, -0.1) is 0 Å². The number of hydrogen-bond donors (Lipinski definition) is 1. The summed E-state index contributed by atoms with van der Waals surface area (Å²) in [6, 6.07) is 11.3. The zero-order valence-electron chi connectivity index (χ0n) is 11.3. The summed E-state index contributed by atoms with van der Waals surface area (Å²) < 4.78 is 10.9. The predicted molar refractivity (Wildman–Crippen MR) is 75.8 cm³/mol. The van der Waals surface area contributed by atoms with E-state index in [9.17, 15) is 5.11 Å². The van der Waals surface area contributed by atoms with Crippen LogP contribution in [0, 0.1) is 6.92 Å². The van der Waals surface area contributed by atoms with Crippen LogP contribution >= 0.6 is 0 Å². The van der Waals surface area contributed by atoms with E-state index in [0.29, 0.717) is 17.2 Å². The minimum atomic E-state index is -0.946. The van der Waals surface area contributed by atoms with Crippen LogP contribution in [-0.4, -0.2) is 17.2 Å². The number of pyridine rings is 1. The number of aryl methyl sites for hydroxylation is 1. The maximum atomic E-state index is 10.4. The van der Waals surface area contributed by atoms with Crippen LogP contribution in [-0.2, 0) is 0 Å². The van der Waals surface area contributed by atoms with Gasteiger partial charge < -0.3 is 14.3 Å². The molecule has 0 aliphatic heterocycles. The van der Waals surface area contributed by atoms with Crippen molar-refractivity contribution in [2.24, 2.45) is 0 Å². The highest BCUT2D eigenvalue weighted by Gasteiger charge is 2.20. The molecule has 0 aliphatic carbocycles. The Kier molecular flexibility index (Phi) is 3.16. The lowest BCUT2D eigenvalue weighted by Gasteiger charge is -2.10. The molecule has 2 aromatic heterocycles. The zero-order valence-corrected chi connectivity index (χ0v) is 11.3. The van der Waals surface area contributed by atoms with Crippen molar-refractivity contribution in [3.8, 4) is 5.75 Å². The van der Waals surface area contributed by atoms with E-state index in [0.717, 1.165) is 16.5 Å². The Bertz CT molecular complexity index is 748. The van der Waals surface area contributed by atoms with Crippen molar-refractivity contribution in [1.82, 2.24) is 4.98 Å². The van der Waals surface area contributed by atoms with Crippen LogP contribution in [0.15, 0.2) is 47.0 Å². The predicted octanol–water partition coefficient (Wildman–Crippen LogP) is 3.23. The fourth-order valence-electron chi connectivity index (χ4n) is 2.23. The van der Waals surface area contributed by atoms with Gasteiger partial charge in [0.25, 0.3) is 0 Å². The number of hydrogen-bond acceptors (Lipinski definition) is 4. The summed E-state index contributed by atoms with van der Waals surface area (Å²) in [4.78, 5) is 4.18. The van der Waals surface area contributed by atoms with Crippen molar-refractivity contribution in [3.63, 3.8) is 0 Å². The molecule has 102 valence electrons. The van der Waals surface area contributed by atoms with Gasteiger partial charge in [0.2, 0.25) is 0 Å². The molecule has 1 unspecified atom stereocenters. The van der Waals surface area contributed by atoms with Gasteiger partial charge in [-0.2, -0.15) is 0 Å². The van der Waals surface area contributed by atoms with E-state index in [1.54, 1.807) is 25.4 Å². The molecule has 1 N–H and O–H groups in total. The Balaban J connectivity index is 2.05. The third-order valence-corrected chi connectivity index (χ3v) is 3.24. The van der Waals surface area contributed by atoms with E-state index in [1.807, 2.05) is 31.2 Å². The SMILES string of the molecule is COc1cccnc1C(O)c1cc2cc(C)ccc2o1. The van der Waals surface area contributed by atoms with Gasteiger partial charge >= 0.3 is 0 Å². The molecule has 0 saturated heterocycles. The smallest absolute Gasteiger partial charge is 0.157 e. The first-order chi connectivity index (χ1) is 9.69. The fraction of sp³-hybridized carbons (Fsp3) is 0.188. The van der Waals surface area contributed by atoms with Gasteiger partial charge in [0, 0.05) is 11.6 Å². The molecule has 0 saturated carbocycles. The van der Waals surface area contributed by atoms with Crippen molar-refractivity contribution in [2.75, 3.05) is 7.11 Å². The molecule has 0 bridgehead atoms. The first-order valence-electron chi connectivity index (χ1n) is 6.36. The standard InChI is InChI=1S/C16H15NO3/c1-10-5-6-12-11(8-10)9-14(20-12)16(18)15-13(19-2)4-3-7-17-15/h3-9,16,18H,1-2H3. The Morgan fingerprint density at radius 3 is 2.90 bits per heavy atom. The van der Waals surface area contributed by atoms with Gasteiger partial charge in [-0.05, 0) is 37.3 Å². The Labute approximate surface area is 116 Å². The quantitative estimate of drug-likeness (QED) is 0.793. The molecule has 20 heavy (non-hydrogen) atoms. The molecule has 0 aliphatic rings. The second-order valence-corrected chi connectivity index (χ2v) is 4.68. The summed E-state index contributed by atoms with van der Waals surface area (Å²) in [7, 11) is 1.55. The second kappa shape index (κ2) is 4.98. The maximum Gasteiger partial charge on any atom is 0.157 e. The monoisotopic (exact) mass is 269 g/mol. The number of benzene rings is 1. The fourth-order valence-corrected chi connectivity index (χ4v) is 2.23. The van der Waals surface area contributed by atoms with E-state index in [1.165, 1.54) is 0 Å². The van der Waals surface area contributed by atoms with Gasteiger partial charge in [0.1, 0.15) is 22.8 Å². The van der Waals surface area contributed by atoms with Crippen LogP contribution in [0.4, 0.5) is 0 Å². The number of aliphatic hydroxyl groups excluding tert-OH is 1. The van der Waals surface area contributed by atoms with Crippen LogP contribution in [0.5, 0.6) is 5.75 Å². The molecular weight excluding hydrogens is 254 g/mol. The first kappa shape index (κ1) is 12.7. The first-order valence-corrected chi connectivity index (χ1v) is 6.36. The lowest BCUT2D eigenvalue weighted by Crippen LogP contribution is -2.03. The molecule has 0 amide bonds. The molecule has 3 rings (SSSR count). The molecule has 4 nitrogen and oxygen atoms in total. The molecule has 0 spiro atoms. The summed E-state index contributed by atoms with van der Waals surface area (Å²) in [5.74, 6) is 0.999. The third kappa shape index (κ3) is 2.14. The molecule has 0 fully saturated rings. The molecular formula is C16H15NO3. The van der Waals surface area contributed by atoms with Crippen LogP contribution in [0.1, 0.15) is 23.1 Å². The van der Waals surface area contributed by atoms with Crippen LogP contribution in [0.3, 0.4) is 0 Å². The van der Waals surface area contributed by atoms with E-state index in [4.69, 9.17) is 9.15 Å². The van der Waals surface area contributed by atoms with Gasteiger partial charge in [0.05, 0.1) is 7.11 Å². The zero-order chi connectivity index (χ0) is 14.1. The second-order valence-electron chi connectivity index (χ2n) is 4.68. The largest absolute Gasteiger partial charge is 0.495 e. The van der Waals surface area contributed by atoms with E-state index in [2.05, 4.69) is 4.98 Å². The number of methoxy groups -OCH3 is 1. The lowest BCUT2D eigenvalue weighted by molar-refractivity contribution is 0.183. The Hall–Kier alpha value is -2.33. The number of rotatable bonds is 3. The van der Waals surface area contributed by atoms with E-state index >= 15 is 0 Å². The molecule has 1 aromatic carbocycles. The molecule has 4 heteroatoms. The highest BCUT2D eigenvalue weighted by molar-refractivity contribution is 5.78. The molecule has 0 radical (unpaired) electrons. The van der Waals surface area contributed by atoms with Gasteiger partial charge in [-0.1, -0.05) is 11.6 Å². The number of aliphatic hydroxyl groups is 1. The number of furan rings is 1. The lowest BCUT2D eigenvalue weighted by atomic mass is 10.1. The topological polar surface area (TPSA) is 55.5 Å². The number of aromatic nitrogens is 1. The minimum Gasteiger partial charge on any atom is -0.495 e.